The van der Waals surface area contributed by atoms with Crippen LogP contribution in [0.25, 0.3) is 0 Å². The minimum Gasteiger partial charge on any atom is -0.399 e. The zero-order chi connectivity index (χ0) is 11.5. The molecule has 1 heterocycles. The summed E-state index contributed by atoms with van der Waals surface area (Å²) < 4.78 is 0. The molecular formula is C10H8ClN3OS. The van der Waals surface area contributed by atoms with Crippen LogP contribution < -0.4 is 11.1 Å². The molecule has 0 atom stereocenters. The minimum absolute atomic E-state index is 0.313. The summed E-state index contributed by atoms with van der Waals surface area (Å²) >= 11 is 7.24. The highest BCUT2D eigenvalue weighted by atomic mass is 35.5. The van der Waals surface area contributed by atoms with E-state index in [1.165, 1.54) is 17.4 Å². The predicted molar refractivity (Wildman–Crippen MR) is 65.9 cm³/mol. The summed E-state index contributed by atoms with van der Waals surface area (Å²) in [5.41, 5.74) is 6.43. The number of hydrogen-bond donors (Lipinski definition) is 2. The van der Waals surface area contributed by atoms with Gasteiger partial charge in [0.1, 0.15) is 0 Å². The number of nitrogens with zero attached hydrogens (tertiary/aromatic N) is 1. The van der Waals surface area contributed by atoms with E-state index >= 15 is 0 Å². The largest absolute Gasteiger partial charge is 0.399 e. The Balaban J connectivity index is 2.24. The number of hydrogen-bond acceptors (Lipinski definition) is 4. The number of carbonyl (C=O) groups excluding carboxylic acids is 1. The van der Waals surface area contributed by atoms with Crippen LogP contribution in [0.2, 0.25) is 5.02 Å². The second-order valence-corrected chi connectivity index (χ2v) is 4.33. The first-order valence-electron chi connectivity index (χ1n) is 4.42. The fourth-order valence-corrected chi connectivity index (χ4v) is 1.89. The van der Waals surface area contributed by atoms with E-state index in [0.29, 0.717) is 21.4 Å². The Labute approximate surface area is 101 Å². The normalized spacial score (nSPS) is 10.1. The third kappa shape index (κ3) is 2.32. The van der Waals surface area contributed by atoms with Gasteiger partial charge in [-0.05, 0) is 18.2 Å². The lowest BCUT2D eigenvalue weighted by Gasteiger charge is -2.04. The Bertz CT molecular complexity index is 513. The Morgan fingerprint density at radius 1 is 1.50 bits per heavy atom. The summed E-state index contributed by atoms with van der Waals surface area (Å²) in [7, 11) is 0. The molecule has 0 spiro atoms. The van der Waals surface area contributed by atoms with Crippen molar-refractivity contribution in [2.45, 2.75) is 0 Å². The topological polar surface area (TPSA) is 68.0 Å². The van der Waals surface area contributed by atoms with Crippen molar-refractivity contribution in [3.05, 3.63) is 40.4 Å². The molecule has 6 heteroatoms. The molecule has 1 aromatic heterocycles. The predicted octanol–water partition coefficient (Wildman–Crippen LogP) is 2.63. The van der Waals surface area contributed by atoms with E-state index in [2.05, 4.69) is 10.3 Å². The van der Waals surface area contributed by atoms with Crippen LogP contribution in [-0.2, 0) is 0 Å². The fourth-order valence-electron chi connectivity index (χ4n) is 1.17. The zero-order valence-electron chi connectivity index (χ0n) is 8.11. The molecular weight excluding hydrogens is 246 g/mol. The number of halogens is 1. The van der Waals surface area contributed by atoms with Crippen LogP contribution in [0.1, 0.15) is 10.4 Å². The van der Waals surface area contributed by atoms with Gasteiger partial charge in [-0.3, -0.25) is 10.1 Å². The standard InChI is InChI=1S/C10H8ClN3OS/c11-8-2-1-6(12)5-7(8)9(15)14-10-13-3-4-16-10/h1-5H,12H2,(H,13,14,15). The second-order valence-electron chi connectivity index (χ2n) is 3.03. The number of rotatable bonds is 2. The zero-order valence-corrected chi connectivity index (χ0v) is 9.68. The number of aromatic nitrogens is 1. The molecule has 0 unspecified atom stereocenters. The van der Waals surface area contributed by atoms with Crippen LogP contribution in [0.4, 0.5) is 10.8 Å². The van der Waals surface area contributed by atoms with Crippen molar-refractivity contribution in [1.82, 2.24) is 4.98 Å². The molecule has 0 aliphatic rings. The van der Waals surface area contributed by atoms with Crippen molar-refractivity contribution in [3.63, 3.8) is 0 Å². The average molecular weight is 254 g/mol. The number of nitrogens with one attached hydrogen (secondary N) is 1. The first-order valence-corrected chi connectivity index (χ1v) is 5.68. The molecule has 0 aliphatic carbocycles. The Hall–Kier alpha value is -1.59. The molecule has 2 aromatic rings. The molecule has 3 N–H and O–H groups in total. The van der Waals surface area contributed by atoms with Crippen LogP contribution in [-0.4, -0.2) is 10.9 Å². The monoisotopic (exact) mass is 253 g/mol. The average Bonchev–Trinajstić information content (AvgIpc) is 2.74. The smallest absolute Gasteiger partial charge is 0.259 e. The number of thiazole rings is 1. The van der Waals surface area contributed by atoms with Gasteiger partial charge >= 0.3 is 0 Å². The lowest BCUT2D eigenvalue weighted by atomic mass is 10.2. The summed E-state index contributed by atoms with van der Waals surface area (Å²) in [6.45, 7) is 0. The fraction of sp³-hybridized carbons (Fsp3) is 0. The van der Waals surface area contributed by atoms with Gasteiger partial charge in [-0.2, -0.15) is 0 Å². The van der Waals surface area contributed by atoms with Gasteiger partial charge in [0.25, 0.3) is 5.91 Å². The minimum atomic E-state index is -0.313. The number of amides is 1. The highest BCUT2D eigenvalue weighted by molar-refractivity contribution is 7.13. The summed E-state index contributed by atoms with van der Waals surface area (Å²) in [4.78, 5) is 15.7. The maximum atomic E-state index is 11.8. The lowest BCUT2D eigenvalue weighted by Crippen LogP contribution is -2.12. The molecule has 1 amide bonds. The molecule has 2 rings (SSSR count). The third-order valence-corrected chi connectivity index (χ3v) is 2.91. The van der Waals surface area contributed by atoms with Crippen molar-refractivity contribution >= 4 is 39.7 Å². The second kappa shape index (κ2) is 4.51. The molecule has 1 aromatic carbocycles. The van der Waals surface area contributed by atoms with Crippen LogP contribution in [0, 0.1) is 0 Å². The summed E-state index contributed by atoms with van der Waals surface area (Å²) in [6.07, 6.45) is 1.61. The van der Waals surface area contributed by atoms with Crippen molar-refractivity contribution < 1.29 is 4.79 Å². The molecule has 0 bridgehead atoms. The van der Waals surface area contributed by atoms with Gasteiger partial charge in [0.2, 0.25) is 0 Å². The summed E-state index contributed by atoms with van der Waals surface area (Å²) in [5.74, 6) is -0.313. The van der Waals surface area contributed by atoms with E-state index in [9.17, 15) is 4.79 Å². The first-order chi connectivity index (χ1) is 7.66. The van der Waals surface area contributed by atoms with Gasteiger partial charge in [0.05, 0.1) is 10.6 Å². The number of nitrogen functional groups attached to an aromatic ring is 1. The molecule has 0 radical (unpaired) electrons. The number of anilines is 2. The Kier molecular flexibility index (Phi) is 3.07. The molecule has 0 saturated carbocycles. The Morgan fingerprint density at radius 3 is 3.00 bits per heavy atom. The maximum absolute atomic E-state index is 11.8. The van der Waals surface area contributed by atoms with Crippen LogP contribution >= 0.6 is 22.9 Å². The van der Waals surface area contributed by atoms with Crippen LogP contribution in [0.3, 0.4) is 0 Å². The lowest BCUT2D eigenvalue weighted by molar-refractivity contribution is 0.102. The van der Waals surface area contributed by atoms with Gasteiger partial charge < -0.3 is 5.73 Å². The molecule has 0 saturated heterocycles. The third-order valence-electron chi connectivity index (χ3n) is 1.89. The number of carbonyl (C=O) groups is 1. The van der Waals surface area contributed by atoms with E-state index in [1.807, 2.05) is 0 Å². The molecule has 4 nitrogen and oxygen atoms in total. The highest BCUT2D eigenvalue weighted by Crippen LogP contribution is 2.20. The quantitative estimate of drug-likeness (QED) is 0.809. The van der Waals surface area contributed by atoms with Crippen LogP contribution in [0.15, 0.2) is 29.8 Å². The van der Waals surface area contributed by atoms with Gasteiger partial charge in [0, 0.05) is 17.3 Å². The van der Waals surface area contributed by atoms with Crippen molar-refractivity contribution in [1.29, 1.82) is 0 Å². The van der Waals surface area contributed by atoms with Crippen LogP contribution in [0.5, 0.6) is 0 Å². The van der Waals surface area contributed by atoms with Crippen molar-refractivity contribution in [2.75, 3.05) is 11.1 Å². The first kappa shape index (κ1) is 10.9. The van der Waals surface area contributed by atoms with Gasteiger partial charge in [-0.25, -0.2) is 4.98 Å². The van der Waals surface area contributed by atoms with Gasteiger partial charge in [-0.1, -0.05) is 11.6 Å². The van der Waals surface area contributed by atoms with E-state index in [-0.39, 0.29) is 5.91 Å². The molecule has 0 aliphatic heterocycles. The number of benzene rings is 1. The number of nitrogens with two attached hydrogens (primary N) is 1. The molecule has 0 fully saturated rings. The molecule has 16 heavy (non-hydrogen) atoms. The highest BCUT2D eigenvalue weighted by Gasteiger charge is 2.11. The van der Waals surface area contributed by atoms with E-state index in [4.69, 9.17) is 17.3 Å². The maximum Gasteiger partial charge on any atom is 0.259 e. The Morgan fingerprint density at radius 2 is 2.31 bits per heavy atom. The van der Waals surface area contributed by atoms with Crippen molar-refractivity contribution in [2.24, 2.45) is 0 Å². The van der Waals surface area contributed by atoms with E-state index in [0.717, 1.165) is 0 Å². The van der Waals surface area contributed by atoms with Gasteiger partial charge in [0.15, 0.2) is 5.13 Å². The summed E-state index contributed by atoms with van der Waals surface area (Å²) in [5, 5.41) is 5.30. The molecule has 82 valence electrons. The van der Waals surface area contributed by atoms with E-state index < -0.39 is 0 Å². The van der Waals surface area contributed by atoms with E-state index in [1.54, 1.807) is 23.7 Å². The summed E-state index contributed by atoms with van der Waals surface area (Å²) in [6, 6.07) is 4.77. The van der Waals surface area contributed by atoms with Gasteiger partial charge in [-0.15, -0.1) is 11.3 Å². The SMILES string of the molecule is Nc1ccc(Cl)c(C(=O)Nc2nccs2)c1. The van der Waals surface area contributed by atoms with Crippen molar-refractivity contribution in [3.8, 4) is 0 Å².